The van der Waals surface area contributed by atoms with Gasteiger partial charge >= 0.3 is 0 Å². The summed E-state index contributed by atoms with van der Waals surface area (Å²) in [6.07, 6.45) is 0.379. The molecule has 4 rings (SSSR count). The molecular weight excluding hydrogens is 318 g/mol. The molecule has 1 amide bonds. The van der Waals surface area contributed by atoms with Crippen LogP contribution in [-0.4, -0.2) is 5.91 Å². The fourth-order valence-corrected chi connectivity index (χ4v) is 3.18. The minimum atomic E-state index is 0.0832. The Hall–Kier alpha value is -3.31. The SMILES string of the molecule is Cc1ccc(CC(=O)N2Cc3ccccc3C#Cc3ccccc32)cc1. The number of fused-ring (bicyclic) bond motifs is 2. The van der Waals surface area contributed by atoms with Crippen LogP contribution in [0.4, 0.5) is 5.69 Å². The predicted octanol–water partition coefficient (Wildman–Crippen LogP) is 4.48. The maximum absolute atomic E-state index is 13.2. The highest BCUT2D eigenvalue weighted by Gasteiger charge is 2.21. The van der Waals surface area contributed by atoms with Crippen LogP contribution in [0.2, 0.25) is 0 Å². The maximum Gasteiger partial charge on any atom is 0.231 e. The van der Waals surface area contributed by atoms with Gasteiger partial charge in [-0.15, -0.1) is 0 Å². The number of hydrogen-bond donors (Lipinski definition) is 0. The van der Waals surface area contributed by atoms with Gasteiger partial charge in [-0.2, -0.15) is 0 Å². The van der Waals surface area contributed by atoms with Crippen LogP contribution in [-0.2, 0) is 17.8 Å². The fourth-order valence-electron chi connectivity index (χ4n) is 3.18. The lowest BCUT2D eigenvalue weighted by molar-refractivity contribution is -0.118. The fraction of sp³-hybridized carbons (Fsp3) is 0.125. The molecule has 126 valence electrons. The number of carbonyl (C=O) groups is 1. The molecule has 0 N–H and O–H groups in total. The van der Waals surface area contributed by atoms with Gasteiger partial charge in [0.15, 0.2) is 0 Å². The Morgan fingerprint density at radius 2 is 1.54 bits per heavy atom. The van der Waals surface area contributed by atoms with E-state index in [4.69, 9.17) is 0 Å². The van der Waals surface area contributed by atoms with Gasteiger partial charge in [-0.3, -0.25) is 4.79 Å². The highest BCUT2D eigenvalue weighted by molar-refractivity contribution is 5.96. The van der Waals surface area contributed by atoms with Crippen molar-refractivity contribution >= 4 is 11.6 Å². The summed E-state index contributed by atoms with van der Waals surface area (Å²) in [5, 5.41) is 0. The monoisotopic (exact) mass is 337 g/mol. The van der Waals surface area contributed by atoms with Gasteiger partial charge in [0.2, 0.25) is 5.91 Å². The first-order valence-electron chi connectivity index (χ1n) is 8.75. The molecule has 2 nitrogen and oxygen atoms in total. The zero-order valence-corrected chi connectivity index (χ0v) is 14.7. The standard InChI is InChI=1S/C24H19NO/c1-18-10-12-19(13-11-18)16-24(26)25-17-22-8-3-2-6-20(22)14-15-21-7-4-5-9-23(21)25/h2-13H,16-17H2,1H3. The Morgan fingerprint density at radius 3 is 2.35 bits per heavy atom. The molecule has 0 bridgehead atoms. The number of rotatable bonds is 2. The number of benzene rings is 3. The second kappa shape index (κ2) is 6.90. The average Bonchev–Trinajstić information content (AvgIpc) is 2.65. The number of carbonyl (C=O) groups excluding carboxylic acids is 1. The van der Waals surface area contributed by atoms with Crippen molar-refractivity contribution in [1.29, 1.82) is 0 Å². The van der Waals surface area contributed by atoms with Crippen molar-refractivity contribution in [2.75, 3.05) is 4.90 Å². The Morgan fingerprint density at radius 1 is 0.885 bits per heavy atom. The van der Waals surface area contributed by atoms with Crippen molar-refractivity contribution in [1.82, 2.24) is 0 Å². The van der Waals surface area contributed by atoms with E-state index >= 15 is 0 Å². The molecule has 26 heavy (non-hydrogen) atoms. The first kappa shape index (κ1) is 16.2. The van der Waals surface area contributed by atoms with E-state index < -0.39 is 0 Å². The molecule has 0 spiro atoms. The molecule has 1 aliphatic rings. The average molecular weight is 337 g/mol. The third-order valence-electron chi connectivity index (χ3n) is 4.65. The molecule has 0 saturated carbocycles. The van der Waals surface area contributed by atoms with Crippen LogP contribution in [0.25, 0.3) is 0 Å². The maximum atomic E-state index is 13.2. The van der Waals surface area contributed by atoms with Gasteiger partial charge in [-0.25, -0.2) is 0 Å². The van der Waals surface area contributed by atoms with Crippen LogP contribution in [0, 0.1) is 18.8 Å². The van der Waals surface area contributed by atoms with Gasteiger partial charge in [0.1, 0.15) is 0 Å². The van der Waals surface area contributed by atoms with E-state index in [-0.39, 0.29) is 5.91 Å². The van der Waals surface area contributed by atoms with Gasteiger partial charge in [-0.1, -0.05) is 72.0 Å². The van der Waals surface area contributed by atoms with Gasteiger partial charge in [0.25, 0.3) is 0 Å². The molecule has 3 aromatic rings. The first-order valence-corrected chi connectivity index (χ1v) is 8.75. The molecular formula is C24H19NO. The van der Waals surface area contributed by atoms with Gasteiger partial charge in [-0.05, 0) is 36.2 Å². The van der Waals surface area contributed by atoms with Crippen molar-refractivity contribution in [2.45, 2.75) is 19.9 Å². The minimum Gasteiger partial charge on any atom is -0.306 e. The number of para-hydroxylation sites is 1. The molecule has 0 aliphatic carbocycles. The lowest BCUT2D eigenvalue weighted by atomic mass is 10.0. The van der Waals surface area contributed by atoms with Gasteiger partial charge in [0, 0.05) is 11.1 Å². The molecule has 2 heteroatoms. The topological polar surface area (TPSA) is 20.3 Å². The zero-order valence-electron chi connectivity index (χ0n) is 14.7. The Balaban J connectivity index is 1.74. The van der Waals surface area contributed by atoms with Crippen LogP contribution in [0.3, 0.4) is 0 Å². The molecule has 0 aromatic heterocycles. The molecule has 0 fully saturated rings. The number of nitrogens with zero attached hydrogens (tertiary/aromatic N) is 1. The summed E-state index contributed by atoms with van der Waals surface area (Å²) in [5.41, 5.74) is 6.05. The Labute approximate surface area is 154 Å². The Bertz CT molecular complexity index is 1020. The third-order valence-corrected chi connectivity index (χ3v) is 4.65. The highest BCUT2D eigenvalue weighted by atomic mass is 16.2. The summed E-state index contributed by atoms with van der Waals surface area (Å²) >= 11 is 0. The van der Waals surface area contributed by atoms with Crippen LogP contribution in [0.1, 0.15) is 27.8 Å². The second-order valence-corrected chi connectivity index (χ2v) is 6.57. The summed E-state index contributed by atoms with van der Waals surface area (Å²) in [7, 11) is 0. The molecule has 0 atom stereocenters. The number of amides is 1. The van der Waals surface area contributed by atoms with Crippen molar-refractivity contribution in [2.24, 2.45) is 0 Å². The van der Waals surface area contributed by atoms with E-state index in [2.05, 4.69) is 18.8 Å². The summed E-state index contributed by atoms with van der Waals surface area (Å²) in [6, 6.07) is 24.1. The Kier molecular flexibility index (Phi) is 4.29. The summed E-state index contributed by atoms with van der Waals surface area (Å²) in [5.74, 6) is 6.57. The smallest absolute Gasteiger partial charge is 0.231 e. The van der Waals surface area contributed by atoms with Crippen LogP contribution in [0.15, 0.2) is 72.8 Å². The molecule has 0 unspecified atom stereocenters. The summed E-state index contributed by atoms with van der Waals surface area (Å²) < 4.78 is 0. The van der Waals surface area contributed by atoms with E-state index in [0.29, 0.717) is 13.0 Å². The molecule has 1 heterocycles. The van der Waals surface area contributed by atoms with E-state index in [1.807, 2.05) is 77.7 Å². The van der Waals surface area contributed by atoms with Gasteiger partial charge < -0.3 is 4.90 Å². The highest BCUT2D eigenvalue weighted by Crippen LogP contribution is 2.26. The van der Waals surface area contributed by atoms with Crippen molar-refractivity contribution < 1.29 is 4.79 Å². The second-order valence-electron chi connectivity index (χ2n) is 6.57. The van der Waals surface area contributed by atoms with E-state index in [0.717, 1.165) is 27.9 Å². The summed E-state index contributed by atoms with van der Waals surface area (Å²) in [4.78, 5) is 15.0. The molecule has 0 saturated heterocycles. The predicted molar refractivity (Wildman–Crippen MR) is 105 cm³/mol. The first-order chi connectivity index (χ1) is 12.7. The van der Waals surface area contributed by atoms with Crippen molar-refractivity contribution in [3.63, 3.8) is 0 Å². The van der Waals surface area contributed by atoms with Crippen molar-refractivity contribution in [3.05, 3.63) is 101 Å². The number of aryl methyl sites for hydroxylation is 1. The molecule has 1 aliphatic heterocycles. The molecule has 0 radical (unpaired) electrons. The summed E-state index contributed by atoms with van der Waals surface area (Å²) in [6.45, 7) is 2.59. The zero-order chi connectivity index (χ0) is 17.9. The quantitative estimate of drug-likeness (QED) is 0.631. The third kappa shape index (κ3) is 3.25. The van der Waals surface area contributed by atoms with Crippen molar-refractivity contribution in [3.8, 4) is 11.8 Å². The van der Waals surface area contributed by atoms with Crippen LogP contribution < -0.4 is 4.90 Å². The normalized spacial score (nSPS) is 12.1. The molecule has 3 aromatic carbocycles. The number of anilines is 1. The number of hydrogen-bond acceptors (Lipinski definition) is 1. The van der Waals surface area contributed by atoms with Gasteiger partial charge in [0.05, 0.1) is 18.7 Å². The minimum absolute atomic E-state index is 0.0832. The van der Waals surface area contributed by atoms with E-state index in [9.17, 15) is 4.79 Å². The van der Waals surface area contributed by atoms with E-state index in [1.165, 1.54) is 5.56 Å². The van der Waals surface area contributed by atoms with Crippen LogP contribution >= 0.6 is 0 Å². The van der Waals surface area contributed by atoms with E-state index in [1.54, 1.807) is 0 Å². The lowest BCUT2D eigenvalue weighted by Gasteiger charge is -2.26. The van der Waals surface area contributed by atoms with Crippen LogP contribution in [0.5, 0.6) is 0 Å². The lowest BCUT2D eigenvalue weighted by Crippen LogP contribution is -2.33. The largest absolute Gasteiger partial charge is 0.306 e.